The van der Waals surface area contributed by atoms with Crippen LogP contribution in [0.3, 0.4) is 0 Å². The van der Waals surface area contributed by atoms with Gasteiger partial charge >= 0.3 is 75.0 Å². The van der Waals surface area contributed by atoms with Crippen LogP contribution in [0.15, 0.2) is 0 Å². The van der Waals surface area contributed by atoms with E-state index in [0.717, 1.165) is 0 Å². The van der Waals surface area contributed by atoms with Gasteiger partial charge in [-0.2, -0.15) is 0 Å². The third-order valence-corrected chi connectivity index (χ3v) is 0. The maximum absolute atomic E-state index is 8.88. The van der Waals surface area contributed by atoms with Gasteiger partial charge in [-0.3, -0.25) is 0 Å². The van der Waals surface area contributed by atoms with E-state index in [9.17, 15) is 0 Å². The van der Waals surface area contributed by atoms with Gasteiger partial charge in [-0.15, -0.1) is 0 Å². The van der Waals surface area contributed by atoms with Crippen molar-refractivity contribution in [2.75, 3.05) is 0 Å². The van der Waals surface area contributed by atoms with Gasteiger partial charge in [0.1, 0.15) is 0 Å². The van der Waals surface area contributed by atoms with E-state index in [0.29, 0.717) is 0 Å². The zero-order chi connectivity index (χ0) is 9.00. The Morgan fingerprint density at radius 2 is 0.923 bits per heavy atom. The first-order valence-corrected chi connectivity index (χ1v) is 5.01. The maximum atomic E-state index is 8.88. The maximum Gasteiger partial charge on any atom is 0 e. The molecule has 74 valence electrons. The largest absolute Gasteiger partial charge is 0 e. The Kier molecular flexibility index (Phi) is 27.1. The van der Waals surface area contributed by atoms with Crippen LogP contribution >= 0.6 is 7.82 Å². The van der Waals surface area contributed by atoms with Gasteiger partial charge in [0.15, 0.2) is 0 Å². The van der Waals surface area contributed by atoms with Gasteiger partial charge in [0.05, 0.1) is 0 Å². The van der Waals surface area contributed by atoms with E-state index in [4.69, 9.17) is 35.3 Å². The first-order valence-electron chi connectivity index (χ1n) is 1.43. The molecule has 0 aromatic carbocycles. The van der Waals surface area contributed by atoms with E-state index >= 15 is 0 Å². The molecular formula is H7Li2MnO8PV. The fourth-order valence-electron chi connectivity index (χ4n) is 0. The van der Waals surface area contributed by atoms with Gasteiger partial charge in [-0.25, -0.2) is 4.57 Å². The minimum atomic E-state index is -5.12. The summed E-state index contributed by atoms with van der Waals surface area (Å²) in [6.07, 6.45) is 0. The molecule has 13 heteroatoms. The Bertz CT molecular complexity index is 200. The van der Waals surface area contributed by atoms with Crippen LogP contribution in [0, 0.1) is 0 Å². The smallest absolute Gasteiger partial charge is 0 e. The van der Waals surface area contributed by atoms with Crippen LogP contribution in [-0.4, -0.2) is 60.8 Å². The summed E-state index contributed by atoms with van der Waals surface area (Å²) >= 11 is -5.12. The molecule has 13 heavy (non-hydrogen) atoms. The zero-order valence-corrected chi connectivity index (χ0v) is 8.20. The zero-order valence-electron chi connectivity index (χ0n) is 4.73. The summed E-state index contributed by atoms with van der Waals surface area (Å²) in [5.41, 5.74) is 0. The van der Waals surface area contributed by atoms with E-state index in [1.54, 1.807) is 0 Å². The Balaban J connectivity index is -0.0000000267. The van der Waals surface area contributed by atoms with Crippen LogP contribution in [-0.2, 0) is 44.2 Å². The van der Waals surface area contributed by atoms with E-state index in [1.807, 2.05) is 0 Å². The van der Waals surface area contributed by atoms with E-state index in [2.05, 4.69) is 0 Å². The summed E-state index contributed by atoms with van der Waals surface area (Å²) in [5.74, 6) is 0. The van der Waals surface area contributed by atoms with Crippen molar-refractivity contribution in [2.45, 2.75) is 0 Å². The molecule has 1 radical (unpaired) electrons. The molecule has 0 aliphatic heterocycles. The third-order valence-electron chi connectivity index (χ3n) is 0. The van der Waals surface area contributed by atoms with Gasteiger partial charge in [0.25, 0.3) is 0 Å². The summed E-state index contributed by atoms with van der Waals surface area (Å²) in [6.45, 7) is 0. The normalized spacial score (nSPS) is 9.00. The van der Waals surface area contributed by atoms with Crippen LogP contribution in [0.5, 0.6) is 0 Å². The van der Waals surface area contributed by atoms with Crippen molar-refractivity contribution < 1.29 is 67.2 Å². The Morgan fingerprint density at radius 1 is 0.923 bits per heavy atom. The molecule has 0 unspecified atom stereocenters. The Hall–Kier alpha value is 1.93. The molecule has 0 heterocycles. The summed E-state index contributed by atoms with van der Waals surface area (Å²) in [4.78, 5) is 21.6. The molecule has 0 saturated heterocycles. The van der Waals surface area contributed by atoms with Gasteiger partial charge < -0.3 is 14.7 Å². The topological polar surface area (TPSA) is 152 Å². The second-order valence-electron chi connectivity index (χ2n) is 0.928. The molecule has 0 fully saturated rings. The summed E-state index contributed by atoms with van der Waals surface area (Å²) in [5, 5.41) is 0. The molecule has 5 N–H and O–H groups in total. The predicted octanol–water partition coefficient (Wildman–Crippen LogP) is -3.58. The molecule has 0 bridgehead atoms. The number of phosphoric acid groups is 1. The minimum Gasteiger partial charge on any atom is 0 e. The van der Waals surface area contributed by atoms with Crippen molar-refractivity contribution in [3.63, 3.8) is 0 Å². The Labute approximate surface area is 112 Å². The SMILES string of the molecule is O=P(O)(O)O.[LiH].[LiH].[O]=[Mn](=[O])([OH])[OH].[V]. The van der Waals surface area contributed by atoms with Crippen molar-refractivity contribution in [3.8, 4) is 0 Å². The fraction of sp³-hybridized carbons (Fsp3) is 0. The number of hydrogen-bond acceptors (Lipinski definition) is 3. The fourth-order valence-corrected chi connectivity index (χ4v) is 0. The molecule has 0 amide bonds. The second-order valence-corrected chi connectivity index (χ2v) is 3.25. The van der Waals surface area contributed by atoms with E-state index in [-0.39, 0.29) is 56.3 Å². The van der Waals surface area contributed by atoms with E-state index < -0.39 is 21.2 Å². The Morgan fingerprint density at radius 3 is 0.923 bits per heavy atom. The summed E-state index contributed by atoms with van der Waals surface area (Å²) in [6, 6.07) is 0. The number of rotatable bonds is 0. The minimum absolute atomic E-state index is 0. The van der Waals surface area contributed by atoms with E-state index in [1.165, 1.54) is 0 Å². The van der Waals surface area contributed by atoms with Crippen LogP contribution in [0.25, 0.3) is 0 Å². The van der Waals surface area contributed by atoms with Gasteiger partial charge in [0, 0.05) is 18.6 Å². The van der Waals surface area contributed by atoms with Crippen molar-refractivity contribution in [1.82, 2.24) is 0 Å². The molecule has 0 saturated carbocycles. The molecule has 8 nitrogen and oxygen atoms in total. The first kappa shape index (κ1) is 29.4. The predicted molar refractivity (Wildman–Crippen MR) is 34.4 cm³/mol. The van der Waals surface area contributed by atoms with Gasteiger partial charge in [-0.1, -0.05) is 0 Å². The average molecular weight is 286 g/mol. The quantitative estimate of drug-likeness (QED) is 0.226. The molecule has 0 spiro atoms. The molecule has 0 aliphatic carbocycles. The molecule has 0 aromatic rings. The first-order chi connectivity index (χ1) is 4.00. The second kappa shape index (κ2) is 12.0. The van der Waals surface area contributed by atoms with Crippen molar-refractivity contribution in [3.05, 3.63) is 0 Å². The van der Waals surface area contributed by atoms with Crippen LogP contribution in [0.2, 0.25) is 0 Å². The molecule has 0 atom stereocenters. The standard InChI is InChI=1S/2Li.Mn.H3O4P.2H2O.2O.V.2H/c;;;1-5(2,3)4;;;;;;;/h;;;(H3,1,2,3,4);2*1H2;;;;;/q;;+2;;;;;;;;/p-2. The number of hydrogen-bond donors (Lipinski definition) is 5. The van der Waals surface area contributed by atoms with Crippen molar-refractivity contribution in [1.29, 1.82) is 0 Å². The average Bonchev–Trinajstić information content (AvgIpc) is 1.12. The van der Waals surface area contributed by atoms with Crippen molar-refractivity contribution in [2.24, 2.45) is 0 Å². The molecule has 0 aromatic heterocycles. The van der Waals surface area contributed by atoms with Crippen LogP contribution in [0.4, 0.5) is 0 Å². The van der Waals surface area contributed by atoms with Crippen LogP contribution in [0.1, 0.15) is 0 Å². The summed E-state index contributed by atoms with van der Waals surface area (Å²) in [7, 11) is -4.64. The molecular weight excluding hydrogens is 279 g/mol. The van der Waals surface area contributed by atoms with Crippen LogP contribution < -0.4 is 0 Å². The monoisotopic (exact) mass is 286 g/mol. The molecule has 0 aliphatic rings. The van der Waals surface area contributed by atoms with Crippen molar-refractivity contribution >= 4 is 45.5 Å². The summed E-state index contributed by atoms with van der Waals surface area (Å²) < 4.78 is 40.7. The van der Waals surface area contributed by atoms with Gasteiger partial charge in [-0.05, 0) is 0 Å². The third kappa shape index (κ3) is 533. The molecule has 0 rings (SSSR count). The van der Waals surface area contributed by atoms with Gasteiger partial charge in [0.2, 0.25) is 0 Å².